The number of benzene rings is 1. The first-order valence-electron chi connectivity index (χ1n) is 7.20. The minimum atomic E-state index is -0.963. The molecule has 1 rings (SSSR count). The summed E-state index contributed by atoms with van der Waals surface area (Å²) in [6.45, 7) is 7.57. The monoisotopic (exact) mass is 292 g/mol. The van der Waals surface area contributed by atoms with Crippen molar-refractivity contribution in [1.82, 2.24) is 5.32 Å². The number of nitrogens with one attached hydrogen (secondary N) is 2. The van der Waals surface area contributed by atoms with Crippen LogP contribution in [0.4, 0.5) is 5.69 Å². The van der Waals surface area contributed by atoms with Crippen molar-refractivity contribution in [1.29, 1.82) is 0 Å². The number of anilines is 1. The van der Waals surface area contributed by atoms with Crippen molar-refractivity contribution < 1.29 is 14.7 Å². The molecule has 0 aromatic heterocycles. The maximum Gasteiger partial charge on any atom is 0.313 e. The molecule has 0 unspecified atom stereocenters. The number of carbonyl (C=O) groups excluding carboxylic acids is 2. The highest BCUT2D eigenvalue weighted by atomic mass is 16.3. The molecule has 1 aromatic rings. The van der Waals surface area contributed by atoms with Crippen LogP contribution in [0.3, 0.4) is 0 Å². The fourth-order valence-corrected chi connectivity index (χ4v) is 1.89. The summed E-state index contributed by atoms with van der Waals surface area (Å²) in [5, 5.41) is 15.2. The number of hydrogen-bond donors (Lipinski definition) is 3. The number of rotatable bonds is 5. The number of carbonyl (C=O) groups is 2. The quantitative estimate of drug-likeness (QED) is 0.725. The van der Waals surface area contributed by atoms with E-state index in [0.29, 0.717) is 18.5 Å². The number of aryl methyl sites for hydroxylation is 1. The van der Waals surface area contributed by atoms with Crippen LogP contribution in [0, 0.1) is 13.8 Å². The van der Waals surface area contributed by atoms with Gasteiger partial charge >= 0.3 is 11.8 Å². The van der Waals surface area contributed by atoms with E-state index in [1.54, 1.807) is 6.07 Å². The van der Waals surface area contributed by atoms with Gasteiger partial charge in [0.15, 0.2) is 0 Å². The van der Waals surface area contributed by atoms with E-state index in [1.807, 2.05) is 39.8 Å². The Hall–Kier alpha value is -1.88. The average Bonchev–Trinajstić information content (AvgIpc) is 2.49. The van der Waals surface area contributed by atoms with E-state index in [4.69, 9.17) is 0 Å². The molecule has 0 bridgehead atoms. The molecular formula is C16H24N2O3. The van der Waals surface area contributed by atoms with Crippen molar-refractivity contribution in [2.75, 3.05) is 11.9 Å². The zero-order valence-electron chi connectivity index (χ0n) is 13.1. The van der Waals surface area contributed by atoms with Crippen molar-refractivity contribution in [3.05, 3.63) is 29.3 Å². The lowest BCUT2D eigenvalue weighted by Crippen LogP contribution is -2.45. The molecule has 3 N–H and O–H groups in total. The lowest BCUT2D eigenvalue weighted by Gasteiger charge is -2.25. The van der Waals surface area contributed by atoms with Gasteiger partial charge in [0.05, 0.1) is 5.60 Å². The lowest BCUT2D eigenvalue weighted by atomic mass is 9.98. The van der Waals surface area contributed by atoms with Gasteiger partial charge in [0.25, 0.3) is 0 Å². The van der Waals surface area contributed by atoms with E-state index >= 15 is 0 Å². The molecule has 5 heteroatoms. The SMILES string of the molecule is CCC(O)(CC)CNC(=O)C(=O)Nc1cccc(C)c1C. The minimum absolute atomic E-state index is 0.0685. The smallest absolute Gasteiger partial charge is 0.313 e. The van der Waals surface area contributed by atoms with E-state index in [1.165, 1.54) is 0 Å². The zero-order chi connectivity index (χ0) is 16.0. The third kappa shape index (κ3) is 4.56. The summed E-state index contributed by atoms with van der Waals surface area (Å²) in [6.07, 6.45) is 1.03. The number of aliphatic hydroxyl groups is 1. The summed E-state index contributed by atoms with van der Waals surface area (Å²) in [6, 6.07) is 5.51. The molecule has 5 nitrogen and oxygen atoms in total. The highest BCUT2D eigenvalue weighted by Crippen LogP contribution is 2.18. The average molecular weight is 292 g/mol. The van der Waals surface area contributed by atoms with Gasteiger partial charge in [-0.05, 0) is 43.9 Å². The van der Waals surface area contributed by atoms with Crippen LogP contribution in [-0.4, -0.2) is 29.1 Å². The molecule has 1 aromatic carbocycles. The summed E-state index contributed by atoms with van der Waals surface area (Å²) in [7, 11) is 0. The summed E-state index contributed by atoms with van der Waals surface area (Å²) >= 11 is 0. The molecule has 0 spiro atoms. The van der Waals surface area contributed by atoms with Gasteiger partial charge < -0.3 is 15.7 Å². The van der Waals surface area contributed by atoms with Crippen LogP contribution >= 0.6 is 0 Å². The fraction of sp³-hybridized carbons (Fsp3) is 0.500. The van der Waals surface area contributed by atoms with Crippen molar-refractivity contribution >= 4 is 17.5 Å². The van der Waals surface area contributed by atoms with Crippen molar-refractivity contribution in [3.8, 4) is 0 Å². The van der Waals surface area contributed by atoms with Gasteiger partial charge in [0.2, 0.25) is 0 Å². The van der Waals surface area contributed by atoms with Crippen molar-refractivity contribution in [2.45, 2.75) is 46.1 Å². The molecule has 0 aliphatic carbocycles. The van der Waals surface area contributed by atoms with Gasteiger partial charge in [-0.2, -0.15) is 0 Å². The van der Waals surface area contributed by atoms with E-state index in [-0.39, 0.29) is 6.54 Å². The van der Waals surface area contributed by atoms with Crippen LogP contribution in [-0.2, 0) is 9.59 Å². The first-order valence-corrected chi connectivity index (χ1v) is 7.20. The Balaban J connectivity index is 2.64. The molecule has 0 radical (unpaired) electrons. The zero-order valence-corrected chi connectivity index (χ0v) is 13.1. The van der Waals surface area contributed by atoms with E-state index in [2.05, 4.69) is 10.6 Å². The highest BCUT2D eigenvalue weighted by Gasteiger charge is 2.24. The molecule has 0 saturated carbocycles. The number of amides is 2. The second-order valence-corrected chi connectivity index (χ2v) is 5.32. The van der Waals surface area contributed by atoms with Crippen LogP contribution in [0.25, 0.3) is 0 Å². The van der Waals surface area contributed by atoms with Crippen LogP contribution in [0.5, 0.6) is 0 Å². The molecule has 116 valence electrons. The normalized spacial score (nSPS) is 11.1. The maximum atomic E-state index is 11.9. The van der Waals surface area contributed by atoms with Crippen LogP contribution in [0.15, 0.2) is 18.2 Å². The van der Waals surface area contributed by atoms with E-state index < -0.39 is 17.4 Å². The Morgan fingerprint density at radius 2 is 1.76 bits per heavy atom. The first-order chi connectivity index (χ1) is 9.83. The van der Waals surface area contributed by atoms with Gasteiger partial charge in [-0.15, -0.1) is 0 Å². The third-order valence-corrected chi connectivity index (χ3v) is 3.95. The van der Waals surface area contributed by atoms with Gasteiger partial charge in [-0.25, -0.2) is 0 Å². The summed E-state index contributed by atoms with van der Waals surface area (Å²) < 4.78 is 0. The largest absolute Gasteiger partial charge is 0.388 e. The van der Waals surface area contributed by atoms with Gasteiger partial charge in [-0.3, -0.25) is 9.59 Å². The predicted octanol–water partition coefficient (Wildman–Crippen LogP) is 1.91. The topological polar surface area (TPSA) is 78.4 Å². The Labute approximate surface area is 125 Å². The molecule has 0 aliphatic heterocycles. The Morgan fingerprint density at radius 3 is 2.33 bits per heavy atom. The third-order valence-electron chi connectivity index (χ3n) is 3.95. The molecule has 0 aliphatic rings. The standard InChI is InChI=1S/C16H24N2O3/c1-5-16(21,6-2)10-17-14(19)15(20)18-13-9-7-8-11(3)12(13)4/h7-9,21H,5-6,10H2,1-4H3,(H,17,19)(H,18,20). The van der Waals surface area contributed by atoms with Crippen molar-refractivity contribution in [3.63, 3.8) is 0 Å². The Kier molecular flexibility index (Phi) is 5.90. The van der Waals surface area contributed by atoms with Crippen LogP contribution in [0.2, 0.25) is 0 Å². The lowest BCUT2D eigenvalue weighted by molar-refractivity contribution is -0.136. The molecule has 0 saturated heterocycles. The minimum Gasteiger partial charge on any atom is -0.388 e. The van der Waals surface area contributed by atoms with Gasteiger partial charge in [0, 0.05) is 12.2 Å². The molecule has 0 atom stereocenters. The second kappa shape index (κ2) is 7.22. The molecule has 0 heterocycles. The second-order valence-electron chi connectivity index (χ2n) is 5.32. The Morgan fingerprint density at radius 1 is 1.14 bits per heavy atom. The maximum absolute atomic E-state index is 11.9. The van der Waals surface area contributed by atoms with Gasteiger partial charge in [-0.1, -0.05) is 26.0 Å². The predicted molar refractivity (Wildman–Crippen MR) is 83.1 cm³/mol. The highest BCUT2D eigenvalue weighted by molar-refractivity contribution is 6.39. The summed E-state index contributed by atoms with van der Waals surface area (Å²) in [4.78, 5) is 23.7. The molecule has 21 heavy (non-hydrogen) atoms. The van der Waals surface area contributed by atoms with Gasteiger partial charge in [0.1, 0.15) is 0 Å². The number of hydrogen-bond acceptors (Lipinski definition) is 3. The summed E-state index contributed by atoms with van der Waals surface area (Å²) in [5.74, 6) is -1.46. The molecular weight excluding hydrogens is 268 g/mol. The fourth-order valence-electron chi connectivity index (χ4n) is 1.89. The molecule has 2 amide bonds. The van der Waals surface area contributed by atoms with Crippen LogP contribution in [0.1, 0.15) is 37.8 Å². The van der Waals surface area contributed by atoms with E-state index in [0.717, 1.165) is 11.1 Å². The van der Waals surface area contributed by atoms with Crippen molar-refractivity contribution in [2.24, 2.45) is 0 Å². The first kappa shape index (κ1) is 17.2. The Bertz CT molecular complexity index is 522. The summed E-state index contributed by atoms with van der Waals surface area (Å²) in [5.41, 5.74) is 1.63. The van der Waals surface area contributed by atoms with Crippen LogP contribution < -0.4 is 10.6 Å². The molecule has 0 fully saturated rings. The van der Waals surface area contributed by atoms with E-state index in [9.17, 15) is 14.7 Å².